The smallest absolute Gasteiger partial charge is 0.246 e. The van der Waals surface area contributed by atoms with Gasteiger partial charge in [0.25, 0.3) is 0 Å². The normalized spacial score (nSPS) is 32.9. The molecule has 1 saturated heterocycles. The Bertz CT molecular complexity index is 945. The van der Waals surface area contributed by atoms with Gasteiger partial charge in [0.05, 0.1) is 30.9 Å². The number of pyridine rings is 1. The zero-order valence-corrected chi connectivity index (χ0v) is 21.9. The van der Waals surface area contributed by atoms with Crippen LogP contribution >= 0.6 is 0 Å². The summed E-state index contributed by atoms with van der Waals surface area (Å²) in [6.45, 7) is 5.09. The Morgan fingerprint density at radius 1 is 1.14 bits per heavy atom. The summed E-state index contributed by atoms with van der Waals surface area (Å²) in [7, 11) is 0. The van der Waals surface area contributed by atoms with E-state index in [1.165, 1.54) is 24.2 Å². The first kappa shape index (κ1) is 25.5. The highest BCUT2D eigenvalue weighted by atomic mass is 16.2. The predicted octanol–water partition coefficient (Wildman–Crippen LogP) is 3.56. The molecule has 0 unspecified atom stereocenters. The van der Waals surface area contributed by atoms with Crippen molar-refractivity contribution in [3.05, 3.63) is 30.1 Å². The summed E-state index contributed by atoms with van der Waals surface area (Å²) >= 11 is 0. The molecule has 1 aliphatic heterocycles. The molecule has 2 N–H and O–H groups in total. The number of hydrogen-bond acceptors (Lipinski definition) is 6. The predicted molar refractivity (Wildman–Crippen MR) is 137 cm³/mol. The number of nitrogens with zero attached hydrogens (tertiary/aromatic N) is 3. The van der Waals surface area contributed by atoms with E-state index in [-0.39, 0.29) is 29.7 Å². The van der Waals surface area contributed by atoms with Crippen molar-refractivity contribution in [3.8, 4) is 0 Å². The van der Waals surface area contributed by atoms with Crippen LogP contribution in [0.1, 0.15) is 77.3 Å². The third-order valence-electron chi connectivity index (χ3n) is 9.75. The van der Waals surface area contributed by atoms with E-state index in [0.29, 0.717) is 42.2 Å². The third-order valence-corrected chi connectivity index (χ3v) is 9.75. The Balaban J connectivity index is 1.32. The van der Waals surface area contributed by atoms with Crippen molar-refractivity contribution in [1.29, 1.82) is 0 Å². The van der Waals surface area contributed by atoms with Gasteiger partial charge >= 0.3 is 0 Å². The number of ketones is 1. The van der Waals surface area contributed by atoms with E-state index >= 15 is 0 Å². The largest absolute Gasteiger partial charge is 0.320 e. The lowest BCUT2D eigenvalue weighted by Gasteiger charge is -2.56. The third kappa shape index (κ3) is 4.89. The van der Waals surface area contributed by atoms with E-state index in [9.17, 15) is 14.4 Å². The Hall–Kier alpha value is -2.12. The van der Waals surface area contributed by atoms with Gasteiger partial charge in [-0.05, 0) is 93.7 Å². The molecule has 3 atom stereocenters. The molecule has 4 saturated carbocycles. The number of aromatic nitrogens is 1. The molecule has 5 aliphatic rings. The van der Waals surface area contributed by atoms with Gasteiger partial charge in [-0.15, -0.1) is 0 Å². The van der Waals surface area contributed by atoms with E-state index in [4.69, 9.17) is 5.73 Å². The van der Waals surface area contributed by atoms with Crippen molar-refractivity contribution in [2.24, 2.45) is 34.8 Å². The molecule has 2 amide bonds. The lowest BCUT2D eigenvalue weighted by atomic mass is 9.48. The highest BCUT2D eigenvalue weighted by Gasteiger charge is 2.54. The maximum absolute atomic E-state index is 13.9. The first-order valence-corrected chi connectivity index (χ1v) is 14.1. The van der Waals surface area contributed by atoms with Gasteiger partial charge < -0.3 is 5.73 Å². The summed E-state index contributed by atoms with van der Waals surface area (Å²) in [4.78, 5) is 48.9. The van der Waals surface area contributed by atoms with Crippen LogP contribution in [0.5, 0.6) is 0 Å². The van der Waals surface area contributed by atoms with Crippen LogP contribution in [0.3, 0.4) is 0 Å². The summed E-state index contributed by atoms with van der Waals surface area (Å²) in [5.41, 5.74) is 6.80. The molecule has 0 aromatic carbocycles. The monoisotopic (exact) mass is 494 g/mol. The van der Waals surface area contributed by atoms with Gasteiger partial charge in [-0.1, -0.05) is 26.3 Å². The number of hydrogen-bond donors (Lipinski definition) is 1. The minimum absolute atomic E-state index is 0.0334. The number of imide groups is 1. The average molecular weight is 495 g/mol. The van der Waals surface area contributed by atoms with E-state index in [2.05, 4.69) is 9.88 Å². The molecule has 0 spiro atoms. The number of nitrogens with two attached hydrogens (primary N) is 1. The Morgan fingerprint density at radius 2 is 1.81 bits per heavy atom. The maximum Gasteiger partial charge on any atom is 0.246 e. The fourth-order valence-corrected chi connectivity index (χ4v) is 7.87. The summed E-state index contributed by atoms with van der Waals surface area (Å²) in [6.07, 6.45) is 11.0. The van der Waals surface area contributed by atoms with Crippen LogP contribution < -0.4 is 5.73 Å². The molecule has 0 radical (unpaired) electrons. The fraction of sp³-hybridized carbons (Fsp3) is 0.724. The second-order valence-corrected chi connectivity index (χ2v) is 12.2. The minimum Gasteiger partial charge on any atom is -0.320 e. The van der Waals surface area contributed by atoms with Crippen molar-refractivity contribution in [2.45, 2.75) is 90.3 Å². The van der Waals surface area contributed by atoms with Crippen LogP contribution in [0.15, 0.2) is 24.4 Å². The molecular formula is C29H42N4O3. The first-order valence-electron chi connectivity index (χ1n) is 14.1. The zero-order valence-electron chi connectivity index (χ0n) is 21.9. The fourth-order valence-electron chi connectivity index (χ4n) is 7.87. The van der Waals surface area contributed by atoms with Crippen molar-refractivity contribution in [1.82, 2.24) is 14.8 Å². The minimum atomic E-state index is -0.744. The van der Waals surface area contributed by atoms with Gasteiger partial charge in [0.15, 0.2) is 5.78 Å². The van der Waals surface area contributed by atoms with Gasteiger partial charge in [-0.3, -0.25) is 29.2 Å². The van der Waals surface area contributed by atoms with E-state index in [1.54, 1.807) is 6.20 Å². The molecule has 2 heterocycles. The average Bonchev–Trinajstić information content (AvgIpc) is 3.33. The topological polar surface area (TPSA) is 96.6 Å². The number of carbonyl (C=O) groups excluding carboxylic acids is 3. The Labute approximate surface area is 215 Å². The molecule has 6 rings (SSSR count). The molecule has 4 aliphatic carbocycles. The van der Waals surface area contributed by atoms with E-state index in [1.807, 2.05) is 32.0 Å². The van der Waals surface area contributed by atoms with Crippen LogP contribution in [0.25, 0.3) is 0 Å². The lowest BCUT2D eigenvalue weighted by Crippen LogP contribution is -2.56. The summed E-state index contributed by atoms with van der Waals surface area (Å²) in [5.74, 6) is 1.85. The molecular weight excluding hydrogens is 452 g/mol. The second-order valence-electron chi connectivity index (χ2n) is 12.2. The van der Waals surface area contributed by atoms with Crippen molar-refractivity contribution >= 4 is 17.6 Å². The summed E-state index contributed by atoms with van der Waals surface area (Å²) in [6, 6.07) is 4.30. The quantitative estimate of drug-likeness (QED) is 0.564. The van der Waals surface area contributed by atoms with E-state index < -0.39 is 12.1 Å². The van der Waals surface area contributed by atoms with Gasteiger partial charge in [0, 0.05) is 11.6 Å². The number of rotatable bonds is 9. The van der Waals surface area contributed by atoms with Crippen molar-refractivity contribution in [2.75, 3.05) is 13.1 Å². The van der Waals surface area contributed by atoms with Crippen molar-refractivity contribution in [3.63, 3.8) is 0 Å². The standard InChI is InChI=1S/C29H42N4O3/c1-3-19(2)26(30)28(36)33(17-23-7-4-5-9-31-23)27(35)24-8-6-10-32(24)18-25(34)29-14-20-11-21(15-29)13-22(12-20)16-29/h4-5,7,9,19-22,24,26H,3,6,8,10-18,30H2,1-2H3/t19-,20?,21?,22?,24-,26-,29?/m0/s1. The molecule has 4 bridgehead atoms. The first-order chi connectivity index (χ1) is 17.3. The highest BCUT2D eigenvalue weighted by molar-refractivity contribution is 6.00. The SMILES string of the molecule is CC[C@H](C)[C@H](N)C(=O)N(Cc1ccccn1)C(=O)[C@@H]1CCCN1CC(=O)C12CC3CC(CC(C3)C1)C2. The molecule has 7 heteroatoms. The molecule has 7 nitrogen and oxygen atoms in total. The van der Waals surface area contributed by atoms with Crippen LogP contribution in [0.2, 0.25) is 0 Å². The number of Topliss-reactive ketones (excluding diaryl/α,β-unsaturated/α-hetero) is 1. The maximum atomic E-state index is 13.9. The van der Waals surface area contributed by atoms with Crippen LogP contribution in [-0.2, 0) is 20.9 Å². The molecule has 196 valence electrons. The number of amides is 2. The van der Waals surface area contributed by atoms with Crippen LogP contribution in [0.4, 0.5) is 0 Å². The van der Waals surface area contributed by atoms with Crippen LogP contribution in [0, 0.1) is 29.1 Å². The Morgan fingerprint density at radius 3 is 2.39 bits per heavy atom. The molecule has 1 aromatic rings. The van der Waals surface area contributed by atoms with Crippen molar-refractivity contribution < 1.29 is 14.4 Å². The van der Waals surface area contributed by atoms with Crippen LogP contribution in [-0.4, -0.2) is 57.6 Å². The van der Waals surface area contributed by atoms with Gasteiger partial charge in [-0.25, -0.2) is 0 Å². The molecule has 5 fully saturated rings. The van der Waals surface area contributed by atoms with Gasteiger partial charge in [0.2, 0.25) is 11.8 Å². The second kappa shape index (κ2) is 10.3. The lowest BCUT2D eigenvalue weighted by molar-refractivity contribution is -0.151. The molecule has 1 aromatic heterocycles. The molecule has 36 heavy (non-hydrogen) atoms. The highest BCUT2D eigenvalue weighted by Crippen LogP contribution is 2.60. The number of carbonyl (C=O) groups is 3. The number of likely N-dealkylation sites (tertiary alicyclic amines) is 1. The zero-order chi connectivity index (χ0) is 25.4. The Kier molecular flexibility index (Phi) is 7.32. The summed E-state index contributed by atoms with van der Waals surface area (Å²) < 4.78 is 0. The van der Waals surface area contributed by atoms with Gasteiger partial charge in [-0.2, -0.15) is 0 Å². The van der Waals surface area contributed by atoms with E-state index in [0.717, 1.165) is 38.6 Å². The summed E-state index contributed by atoms with van der Waals surface area (Å²) in [5, 5.41) is 0. The van der Waals surface area contributed by atoms with Gasteiger partial charge in [0.1, 0.15) is 0 Å².